The molecule has 1 saturated heterocycles. The number of piperidine rings is 1. The van der Waals surface area contributed by atoms with Gasteiger partial charge in [-0.3, -0.25) is 0 Å². The maximum absolute atomic E-state index is 5.70. The Morgan fingerprint density at radius 2 is 2.47 bits per heavy atom. The smallest absolute Gasteiger partial charge is 0.284 e. The molecule has 1 fully saturated rings. The minimum atomic E-state index is 0.236. The maximum Gasteiger partial charge on any atom is 0.284 e. The molecule has 4 heteroatoms. The SMILES string of the molecule is COCc1ccc(OC2CCCNC2)o1. The fraction of sp³-hybridized carbons (Fsp3) is 0.636. The quantitative estimate of drug-likeness (QED) is 0.820. The molecule has 15 heavy (non-hydrogen) atoms. The minimum Gasteiger partial charge on any atom is -0.460 e. The standard InChI is InChI=1S/C11H17NO3/c1-13-8-10-4-5-11(15-10)14-9-3-2-6-12-7-9/h4-5,9,12H,2-3,6-8H2,1H3. The molecule has 0 aromatic carbocycles. The Hall–Kier alpha value is -1.00. The van der Waals surface area contributed by atoms with E-state index in [0.29, 0.717) is 12.6 Å². The van der Waals surface area contributed by atoms with Gasteiger partial charge in [-0.2, -0.15) is 0 Å². The van der Waals surface area contributed by atoms with Crippen molar-refractivity contribution in [2.45, 2.75) is 25.6 Å². The van der Waals surface area contributed by atoms with E-state index in [2.05, 4.69) is 5.32 Å². The molecule has 0 aliphatic carbocycles. The van der Waals surface area contributed by atoms with E-state index in [0.717, 1.165) is 31.7 Å². The summed E-state index contributed by atoms with van der Waals surface area (Å²) in [6.07, 6.45) is 2.49. The number of ether oxygens (including phenoxy) is 2. The van der Waals surface area contributed by atoms with Gasteiger partial charge < -0.3 is 19.2 Å². The van der Waals surface area contributed by atoms with Crippen molar-refractivity contribution in [2.75, 3.05) is 20.2 Å². The van der Waals surface area contributed by atoms with E-state index >= 15 is 0 Å². The first-order valence-electron chi connectivity index (χ1n) is 5.33. The van der Waals surface area contributed by atoms with Crippen LogP contribution in [0.1, 0.15) is 18.6 Å². The number of methoxy groups -OCH3 is 1. The normalized spacial score (nSPS) is 21.5. The van der Waals surface area contributed by atoms with Crippen LogP contribution >= 0.6 is 0 Å². The monoisotopic (exact) mass is 211 g/mol. The van der Waals surface area contributed by atoms with Crippen LogP contribution < -0.4 is 10.1 Å². The van der Waals surface area contributed by atoms with Crippen molar-refractivity contribution in [1.82, 2.24) is 5.32 Å². The van der Waals surface area contributed by atoms with Gasteiger partial charge in [-0.25, -0.2) is 0 Å². The van der Waals surface area contributed by atoms with E-state index in [9.17, 15) is 0 Å². The van der Waals surface area contributed by atoms with Crippen molar-refractivity contribution in [3.05, 3.63) is 17.9 Å². The highest BCUT2D eigenvalue weighted by molar-refractivity contribution is 5.11. The van der Waals surface area contributed by atoms with Gasteiger partial charge in [0.05, 0.1) is 0 Å². The summed E-state index contributed by atoms with van der Waals surface area (Å²) in [5.74, 6) is 1.40. The predicted molar refractivity (Wildman–Crippen MR) is 55.9 cm³/mol. The lowest BCUT2D eigenvalue weighted by molar-refractivity contribution is 0.115. The summed E-state index contributed by atoms with van der Waals surface area (Å²) in [6, 6.07) is 3.73. The van der Waals surface area contributed by atoms with E-state index in [1.54, 1.807) is 7.11 Å². The molecule has 1 aromatic rings. The molecule has 2 heterocycles. The van der Waals surface area contributed by atoms with E-state index in [-0.39, 0.29) is 6.10 Å². The molecule has 0 spiro atoms. The molecule has 1 unspecified atom stereocenters. The Bertz CT molecular complexity index is 292. The highest BCUT2D eigenvalue weighted by Crippen LogP contribution is 2.19. The van der Waals surface area contributed by atoms with Gasteiger partial charge in [-0.15, -0.1) is 0 Å². The molecule has 1 aliphatic heterocycles. The van der Waals surface area contributed by atoms with Gasteiger partial charge in [0.1, 0.15) is 18.5 Å². The first-order chi connectivity index (χ1) is 7.38. The third-order valence-corrected chi connectivity index (χ3v) is 2.46. The summed E-state index contributed by atoms with van der Waals surface area (Å²) in [4.78, 5) is 0. The van der Waals surface area contributed by atoms with Crippen molar-refractivity contribution in [3.63, 3.8) is 0 Å². The lowest BCUT2D eigenvalue weighted by Crippen LogP contribution is -2.37. The zero-order valence-electron chi connectivity index (χ0n) is 8.99. The summed E-state index contributed by atoms with van der Waals surface area (Å²) < 4.78 is 16.1. The predicted octanol–water partition coefficient (Wildman–Crippen LogP) is 1.56. The molecular formula is C11H17NO3. The van der Waals surface area contributed by atoms with Crippen molar-refractivity contribution in [1.29, 1.82) is 0 Å². The zero-order chi connectivity index (χ0) is 10.5. The van der Waals surface area contributed by atoms with Crippen molar-refractivity contribution in [3.8, 4) is 5.95 Å². The van der Waals surface area contributed by atoms with Crippen LogP contribution in [0.25, 0.3) is 0 Å². The lowest BCUT2D eigenvalue weighted by Gasteiger charge is -2.22. The molecule has 4 nitrogen and oxygen atoms in total. The van der Waals surface area contributed by atoms with Crippen LogP contribution in [-0.4, -0.2) is 26.3 Å². The Kier molecular flexibility index (Phi) is 3.64. The van der Waals surface area contributed by atoms with Crippen molar-refractivity contribution >= 4 is 0 Å². The van der Waals surface area contributed by atoms with Gasteiger partial charge in [-0.1, -0.05) is 0 Å². The molecule has 2 rings (SSSR count). The number of hydrogen-bond donors (Lipinski definition) is 1. The van der Waals surface area contributed by atoms with Crippen LogP contribution in [0.4, 0.5) is 0 Å². The highest BCUT2D eigenvalue weighted by atomic mass is 16.6. The van der Waals surface area contributed by atoms with Gasteiger partial charge in [0.25, 0.3) is 5.95 Å². The molecule has 0 bridgehead atoms. The third kappa shape index (κ3) is 2.97. The fourth-order valence-electron chi connectivity index (χ4n) is 1.73. The maximum atomic E-state index is 5.70. The van der Waals surface area contributed by atoms with Crippen LogP contribution in [0.2, 0.25) is 0 Å². The number of hydrogen-bond acceptors (Lipinski definition) is 4. The van der Waals surface area contributed by atoms with E-state index in [1.807, 2.05) is 12.1 Å². The van der Waals surface area contributed by atoms with E-state index < -0.39 is 0 Å². The minimum absolute atomic E-state index is 0.236. The van der Waals surface area contributed by atoms with Gasteiger partial charge in [0.2, 0.25) is 0 Å². The number of rotatable bonds is 4. The topological polar surface area (TPSA) is 43.6 Å². The Morgan fingerprint density at radius 1 is 1.53 bits per heavy atom. The number of nitrogens with one attached hydrogen (secondary N) is 1. The third-order valence-electron chi connectivity index (χ3n) is 2.46. The Morgan fingerprint density at radius 3 is 3.20 bits per heavy atom. The largest absolute Gasteiger partial charge is 0.460 e. The summed E-state index contributed by atoms with van der Waals surface area (Å²) in [5, 5.41) is 3.30. The van der Waals surface area contributed by atoms with Gasteiger partial charge in [0, 0.05) is 19.7 Å². The average Bonchev–Trinajstić information content (AvgIpc) is 2.68. The first-order valence-corrected chi connectivity index (χ1v) is 5.33. The second-order valence-electron chi connectivity index (χ2n) is 3.74. The summed E-state index contributed by atoms with van der Waals surface area (Å²) in [7, 11) is 1.65. The summed E-state index contributed by atoms with van der Waals surface area (Å²) >= 11 is 0. The molecule has 1 N–H and O–H groups in total. The van der Waals surface area contributed by atoms with Crippen LogP contribution in [0, 0.1) is 0 Å². The van der Waals surface area contributed by atoms with E-state index in [4.69, 9.17) is 13.9 Å². The van der Waals surface area contributed by atoms with Crippen LogP contribution in [0.5, 0.6) is 5.95 Å². The Labute approximate surface area is 89.6 Å². The molecule has 84 valence electrons. The molecule has 0 saturated carbocycles. The molecular weight excluding hydrogens is 194 g/mol. The average molecular weight is 211 g/mol. The van der Waals surface area contributed by atoms with E-state index in [1.165, 1.54) is 0 Å². The second-order valence-corrected chi connectivity index (χ2v) is 3.74. The van der Waals surface area contributed by atoms with Crippen LogP contribution in [0.3, 0.4) is 0 Å². The zero-order valence-corrected chi connectivity index (χ0v) is 8.99. The van der Waals surface area contributed by atoms with Crippen molar-refractivity contribution in [2.24, 2.45) is 0 Å². The second kappa shape index (κ2) is 5.19. The Balaban J connectivity index is 1.86. The molecule has 1 aromatic heterocycles. The highest BCUT2D eigenvalue weighted by Gasteiger charge is 2.15. The number of furan rings is 1. The van der Waals surface area contributed by atoms with Crippen molar-refractivity contribution < 1.29 is 13.9 Å². The molecule has 1 atom stereocenters. The first kappa shape index (κ1) is 10.5. The summed E-state index contributed by atoms with van der Waals surface area (Å²) in [6.45, 7) is 2.49. The van der Waals surface area contributed by atoms with Crippen LogP contribution in [0.15, 0.2) is 16.5 Å². The fourth-order valence-corrected chi connectivity index (χ4v) is 1.73. The van der Waals surface area contributed by atoms with Crippen LogP contribution in [-0.2, 0) is 11.3 Å². The van der Waals surface area contributed by atoms with Gasteiger partial charge >= 0.3 is 0 Å². The molecule has 1 aliphatic rings. The molecule has 0 amide bonds. The lowest BCUT2D eigenvalue weighted by atomic mass is 10.1. The van der Waals surface area contributed by atoms with Gasteiger partial charge in [-0.05, 0) is 25.5 Å². The van der Waals surface area contributed by atoms with Gasteiger partial charge in [0.15, 0.2) is 0 Å². The molecule has 0 radical (unpaired) electrons. The summed E-state index contributed by atoms with van der Waals surface area (Å²) in [5.41, 5.74) is 0.